The second-order valence-corrected chi connectivity index (χ2v) is 7.05. The first-order valence-corrected chi connectivity index (χ1v) is 9.32. The minimum absolute atomic E-state index is 0.0201. The number of fused-ring (bicyclic) bond motifs is 1. The second-order valence-electron chi connectivity index (χ2n) is 5.07. The summed E-state index contributed by atoms with van der Waals surface area (Å²) >= 11 is 11.8. The van der Waals surface area contributed by atoms with Crippen molar-refractivity contribution in [1.82, 2.24) is 9.38 Å². The molecular weight excluding hydrogens is 455 g/mol. The molecule has 24 heavy (non-hydrogen) atoms. The quantitative estimate of drug-likeness (QED) is 0.407. The van der Waals surface area contributed by atoms with Crippen LogP contribution in [0.5, 0.6) is 0 Å². The van der Waals surface area contributed by atoms with Gasteiger partial charge in [0.15, 0.2) is 0 Å². The van der Waals surface area contributed by atoms with Crippen molar-refractivity contribution in [3.63, 3.8) is 0 Å². The molecule has 0 amide bonds. The van der Waals surface area contributed by atoms with Gasteiger partial charge in [-0.1, -0.05) is 0 Å². The van der Waals surface area contributed by atoms with Crippen LogP contribution in [-0.2, 0) is 4.79 Å². The summed E-state index contributed by atoms with van der Waals surface area (Å²) in [4.78, 5) is 13.7. The number of Topliss-reactive ketones (excluding diaryl/α,β-unsaturated/α-hetero) is 1. The maximum atomic E-state index is 9.68. The number of aromatic nitrogens is 2. The van der Waals surface area contributed by atoms with Crippen LogP contribution >= 0.6 is 43.5 Å². The van der Waals surface area contributed by atoms with E-state index >= 15 is 0 Å². The molecule has 0 aliphatic heterocycles. The zero-order valence-electron chi connectivity index (χ0n) is 13.8. The van der Waals surface area contributed by atoms with Crippen molar-refractivity contribution >= 4 is 54.8 Å². The lowest BCUT2D eigenvalue weighted by Gasteiger charge is -1.94. The van der Waals surface area contributed by atoms with Gasteiger partial charge in [-0.3, -0.25) is 9.78 Å². The minimum Gasteiger partial charge on any atom is -0.322 e. The van der Waals surface area contributed by atoms with Crippen LogP contribution in [0.15, 0.2) is 57.9 Å². The van der Waals surface area contributed by atoms with Crippen LogP contribution in [0.2, 0.25) is 0 Å². The Bertz CT molecular complexity index is 782. The van der Waals surface area contributed by atoms with E-state index in [0.29, 0.717) is 0 Å². The van der Waals surface area contributed by atoms with E-state index in [1.807, 2.05) is 31.3 Å². The summed E-state index contributed by atoms with van der Waals surface area (Å²) in [5.74, 6) is 0.159. The number of ketones is 1. The Hall–Kier alpha value is -1.17. The molecular formula is C18H19Br2ClN2O. The molecule has 3 aromatic heterocycles. The predicted molar refractivity (Wildman–Crippen MR) is 108 cm³/mol. The van der Waals surface area contributed by atoms with Gasteiger partial charge in [-0.05, 0) is 88.5 Å². The molecule has 3 rings (SSSR count). The molecule has 3 heterocycles. The third-order valence-corrected chi connectivity index (χ3v) is 4.73. The fraction of sp³-hybridized carbons (Fsp3) is 0.222. The van der Waals surface area contributed by atoms with Crippen LogP contribution in [0.3, 0.4) is 0 Å². The summed E-state index contributed by atoms with van der Waals surface area (Å²) < 4.78 is 4.33. The zero-order valence-corrected chi connectivity index (χ0v) is 17.7. The SMILES string of the molecule is CC(=O)CCl.Cc1cc2c(Br)cccn2c1.Cc1ncccc1Br. The van der Waals surface area contributed by atoms with Gasteiger partial charge in [0.25, 0.3) is 0 Å². The summed E-state index contributed by atoms with van der Waals surface area (Å²) in [5.41, 5.74) is 3.55. The lowest BCUT2D eigenvalue weighted by molar-refractivity contribution is -0.114. The van der Waals surface area contributed by atoms with Gasteiger partial charge in [-0.25, -0.2) is 0 Å². The van der Waals surface area contributed by atoms with E-state index in [4.69, 9.17) is 11.6 Å². The second kappa shape index (κ2) is 10.6. The van der Waals surface area contributed by atoms with E-state index in [-0.39, 0.29) is 11.7 Å². The molecule has 0 bridgehead atoms. The Morgan fingerprint density at radius 1 is 1.21 bits per heavy atom. The lowest BCUT2D eigenvalue weighted by Crippen LogP contribution is -1.86. The van der Waals surface area contributed by atoms with Crippen LogP contribution in [0.25, 0.3) is 5.52 Å². The Morgan fingerprint density at radius 2 is 1.83 bits per heavy atom. The van der Waals surface area contributed by atoms with Crippen LogP contribution in [0.4, 0.5) is 0 Å². The van der Waals surface area contributed by atoms with Gasteiger partial charge in [-0.15, -0.1) is 11.6 Å². The van der Waals surface area contributed by atoms with E-state index in [2.05, 4.69) is 66.5 Å². The highest BCUT2D eigenvalue weighted by atomic mass is 79.9. The molecule has 128 valence electrons. The van der Waals surface area contributed by atoms with Gasteiger partial charge in [0.2, 0.25) is 0 Å². The van der Waals surface area contributed by atoms with Crippen LogP contribution in [0, 0.1) is 13.8 Å². The van der Waals surface area contributed by atoms with Gasteiger partial charge in [-0.2, -0.15) is 0 Å². The number of halogens is 3. The molecule has 0 aromatic carbocycles. The number of nitrogens with zero attached hydrogens (tertiary/aromatic N) is 2. The van der Waals surface area contributed by atoms with Crippen molar-refractivity contribution < 1.29 is 4.79 Å². The summed E-state index contributed by atoms with van der Waals surface area (Å²) in [6.07, 6.45) is 5.94. The average Bonchev–Trinajstić information content (AvgIpc) is 2.93. The molecule has 3 aromatic rings. The number of aryl methyl sites for hydroxylation is 2. The Morgan fingerprint density at radius 3 is 2.29 bits per heavy atom. The zero-order chi connectivity index (χ0) is 18.1. The molecule has 0 N–H and O–H groups in total. The lowest BCUT2D eigenvalue weighted by atomic mass is 10.3. The van der Waals surface area contributed by atoms with Gasteiger partial charge in [0.1, 0.15) is 5.78 Å². The minimum atomic E-state index is 0.0201. The molecule has 0 spiro atoms. The van der Waals surface area contributed by atoms with Gasteiger partial charge < -0.3 is 4.40 Å². The highest BCUT2D eigenvalue weighted by Gasteiger charge is 1.97. The molecule has 3 nitrogen and oxygen atoms in total. The summed E-state index contributed by atoms with van der Waals surface area (Å²) in [5, 5.41) is 0. The Labute approximate surface area is 164 Å². The molecule has 0 unspecified atom stereocenters. The first kappa shape index (κ1) is 20.9. The van der Waals surface area contributed by atoms with Crippen molar-refractivity contribution in [1.29, 1.82) is 0 Å². The summed E-state index contributed by atoms with van der Waals surface area (Å²) in [6, 6.07) is 10.1. The van der Waals surface area contributed by atoms with Gasteiger partial charge >= 0.3 is 0 Å². The molecule has 0 saturated heterocycles. The van der Waals surface area contributed by atoms with E-state index < -0.39 is 0 Å². The fourth-order valence-corrected chi connectivity index (χ4v) is 2.43. The number of rotatable bonds is 1. The van der Waals surface area contributed by atoms with Crippen LogP contribution in [-0.4, -0.2) is 21.0 Å². The molecule has 6 heteroatoms. The fourth-order valence-electron chi connectivity index (χ4n) is 1.70. The van der Waals surface area contributed by atoms with Crippen molar-refractivity contribution in [2.75, 3.05) is 5.88 Å². The third kappa shape index (κ3) is 7.16. The molecule has 0 fully saturated rings. The number of pyridine rings is 2. The van der Waals surface area contributed by atoms with Gasteiger partial charge in [0.05, 0.1) is 17.1 Å². The van der Waals surface area contributed by atoms with Crippen molar-refractivity contribution in [3.8, 4) is 0 Å². The molecule has 0 saturated carbocycles. The van der Waals surface area contributed by atoms with Crippen molar-refractivity contribution in [2.24, 2.45) is 0 Å². The van der Waals surface area contributed by atoms with E-state index in [0.717, 1.165) is 14.6 Å². The Kier molecular flexibility index (Phi) is 9.26. The molecule has 0 radical (unpaired) electrons. The van der Waals surface area contributed by atoms with E-state index in [1.54, 1.807) is 6.20 Å². The smallest absolute Gasteiger partial charge is 0.144 e. The first-order chi connectivity index (χ1) is 11.3. The highest BCUT2D eigenvalue weighted by molar-refractivity contribution is 9.11. The summed E-state index contributed by atoms with van der Waals surface area (Å²) in [7, 11) is 0. The summed E-state index contributed by atoms with van der Waals surface area (Å²) in [6.45, 7) is 5.51. The predicted octanol–water partition coefficient (Wildman–Crippen LogP) is 5.98. The Balaban J connectivity index is 0.000000196. The molecule has 0 aliphatic carbocycles. The number of alkyl halides is 1. The number of carbonyl (C=O) groups excluding carboxylic acids is 1. The monoisotopic (exact) mass is 472 g/mol. The topological polar surface area (TPSA) is 34.4 Å². The number of carbonyl (C=O) groups is 1. The largest absolute Gasteiger partial charge is 0.322 e. The maximum Gasteiger partial charge on any atom is 0.144 e. The number of hydrogen-bond acceptors (Lipinski definition) is 2. The van der Waals surface area contributed by atoms with Crippen LogP contribution < -0.4 is 0 Å². The first-order valence-electron chi connectivity index (χ1n) is 7.20. The van der Waals surface area contributed by atoms with Crippen molar-refractivity contribution in [3.05, 3.63) is 69.1 Å². The molecule has 0 aliphatic rings. The maximum absolute atomic E-state index is 9.68. The third-order valence-electron chi connectivity index (χ3n) is 2.85. The standard InChI is InChI=1S/C9H8BrN.C6H6BrN.C3H5ClO/c1-7-5-9-8(10)3-2-4-11(9)6-7;1-5-6(7)3-2-4-8-5;1-3(5)2-4/h2-6H,1H3;2-4H,1H3;2H2,1H3. The van der Waals surface area contributed by atoms with Crippen LogP contribution in [0.1, 0.15) is 18.2 Å². The number of hydrogen-bond donors (Lipinski definition) is 0. The van der Waals surface area contributed by atoms with Gasteiger partial charge in [0, 0.05) is 27.5 Å². The van der Waals surface area contributed by atoms with E-state index in [1.165, 1.54) is 18.0 Å². The highest BCUT2D eigenvalue weighted by Crippen LogP contribution is 2.19. The molecule has 0 atom stereocenters. The normalized spacial score (nSPS) is 9.58. The average molecular weight is 475 g/mol. The van der Waals surface area contributed by atoms with E-state index in [9.17, 15) is 4.79 Å². The van der Waals surface area contributed by atoms with Crippen molar-refractivity contribution in [2.45, 2.75) is 20.8 Å².